The molecule has 1 amide bonds. The van der Waals surface area contributed by atoms with Gasteiger partial charge < -0.3 is 5.32 Å². The van der Waals surface area contributed by atoms with E-state index in [9.17, 15) is 18.0 Å². The molecule has 0 fully saturated rings. The van der Waals surface area contributed by atoms with Crippen molar-refractivity contribution in [2.24, 2.45) is 0 Å². The van der Waals surface area contributed by atoms with Gasteiger partial charge in [-0.05, 0) is 19.4 Å². The SMILES string of the molecule is Cc1cc(C(F)(F)F)nn1CCCNC(=O)CCn1cc(Cl)cn1. The topological polar surface area (TPSA) is 64.7 Å². The normalized spacial score (nSPS) is 11.7. The van der Waals surface area contributed by atoms with Crippen molar-refractivity contribution in [3.05, 3.63) is 34.9 Å². The molecule has 0 saturated heterocycles. The van der Waals surface area contributed by atoms with Crippen molar-refractivity contribution in [2.45, 2.75) is 39.0 Å². The number of aryl methyl sites for hydroxylation is 3. The zero-order valence-electron chi connectivity index (χ0n) is 13.0. The molecule has 0 aromatic carbocycles. The van der Waals surface area contributed by atoms with E-state index in [0.717, 1.165) is 6.07 Å². The van der Waals surface area contributed by atoms with Crippen LogP contribution in [-0.2, 0) is 24.1 Å². The predicted octanol–water partition coefficient (Wildman–Crippen LogP) is 2.66. The lowest BCUT2D eigenvalue weighted by atomic mass is 10.3. The summed E-state index contributed by atoms with van der Waals surface area (Å²) in [7, 11) is 0. The van der Waals surface area contributed by atoms with Gasteiger partial charge in [-0.3, -0.25) is 14.2 Å². The van der Waals surface area contributed by atoms with Crippen LogP contribution in [0.5, 0.6) is 0 Å². The fourth-order valence-corrected chi connectivity index (χ4v) is 2.25. The quantitative estimate of drug-likeness (QED) is 0.769. The number of halogens is 4. The molecule has 1 N–H and O–H groups in total. The summed E-state index contributed by atoms with van der Waals surface area (Å²) < 4.78 is 40.5. The molecule has 0 unspecified atom stereocenters. The number of rotatable bonds is 7. The van der Waals surface area contributed by atoms with Crippen molar-refractivity contribution in [3.8, 4) is 0 Å². The van der Waals surface area contributed by atoms with Crippen LogP contribution in [0.1, 0.15) is 24.2 Å². The number of carbonyl (C=O) groups excluding carboxylic acids is 1. The van der Waals surface area contributed by atoms with Gasteiger partial charge in [0.2, 0.25) is 5.91 Å². The summed E-state index contributed by atoms with van der Waals surface area (Å²) in [6.45, 7) is 2.64. The molecule has 0 saturated carbocycles. The number of hydrogen-bond donors (Lipinski definition) is 1. The Hall–Kier alpha value is -2.03. The average molecular weight is 364 g/mol. The van der Waals surface area contributed by atoms with Gasteiger partial charge in [0.15, 0.2) is 5.69 Å². The minimum atomic E-state index is -4.44. The Morgan fingerprint density at radius 3 is 2.71 bits per heavy atom. The van der Waals surface area contributed by atoms with E-state index >= 15 is 0 Å². The number of nitrogens with one attached hydrogen (secondary N) is 1. The van der Waals surface area contributed by atoms with Crippen LogP contribution >= 0.6 is 11.6 Å². The van der Waals surface area contributed by atoms with Crippen LogP contribution in [0, 0.1) is 6.92 Å². The van der Waals surface area contributed by atoms with Crippen molar-refractivity contribution >= 4 is 17.5 Å². The molecule has 0 radical (unpaired) electrons. The van der Waals surface area contributed by atoms with E-state index in [1.54, 1.807) is 17.8 Å². The molecule has 0 spiro atoms. The highest BCUT2D eigenvalue weighted by Crippen LogP contribution is 2.28. The average Bonchev–Trinajstić information content (AvgIpc) is 3.07. The Kier molecular flexibility index (Phi) is 5.87. The first kappa shape index (κ1) is 18.3. The summed E-state index contributed by atoms with van der Waals surface area (Å²) in [5, 5.41) is 10.7. The van der Waals surface area contributed by atoms with Crippen molar-refractivity contribution in [1.82, 2.24) is 24.9 Å². The molecule has 0 atom stereocenters. The first-order valence-corrected chi connectivity index (χ1v) is 7.70. The van der Waals surface area contributed by atoms with Crippen LogP contribution < -0.4 is 5.32 Å². The summed E-state index contributed by atoms with van der Waals surface area (Å²) in [6, 6.07) is 1.01. The molecule has 2 aromatic rings. The molecule has 2 rings (SSSR count). The van der Waals surface area contributed by atoms with Gasteiger partial charge in [-0.1, -0.05) is 11.6 Å². The fraction of sp³-hybridized carbons (Fsp3) is 0.500. The number of carbonyl (C=O) groups is 1. The van der Waals surface area contributed by atoms with E-state index in [2.05, 4.69) is 15.5 Å². The number of alkyl halides is 3. The van der Waals surface area contributed by atoms with Gasteiger partial charge >= 0.3 is 6.18 Å². The molecule has 132 valence electrons. The lowest BCUT2D eigenvalue weighted by molar-refractivity contribution is -0.141. The Morgan fingerprint density at radius 1 is 1.38 bits per heavy atom. The summed E-state index contributed by atoms with van der Waals surface area (Å²) in [5.74, 6) is -0.158. The third-order valence-corrected chi connectivity index (χ3v) is 3.51. The van der Waals surface area contributed by atoms with E-state index in [1.807, 2.05) is 0 Å². The van der Waals surface area contributed by atoms with Crippen LogP contribution in [0.15, 0.2) is 18.5 Å². The minimum Gasteiger partial charge on any atom is -0.356 e. The van der Waals surface area contributed by atoms with E-state index in [1.165, 1.54) is 10.9 Å². The van der Waals surface area contributed by atoms with E-state index in [0.29, 0.717) is 36.8 Å². The molecule has 0 aliphatic rings. The maximum atomic E-state index is 12.6. The van der Waals surface area contributed by atoms with Gasteiger partial charge in [0.05, 0.1) is 11.2 Å². The molecular formula is C14H17ClF3N5O. The van der Waals surface area contributed by atoms with Gasteiger partial charge in [-0.25, -0.2) is 0 Å². The minimum absolute atomic E-state index is 0.158. The zero-order chi connectivity index (χ0) is 17.7. The lowest BCUT2D eigenvalue weighted by Crippen LogP contribution is -2.26. The number of nitrogens with zero attached hydrogens (tertiary/aromatic N) is 4. The largest absolute Gasteiger partial charge is 0.435 e. The predicted molar refractivity (Wildman–Crippen MR) is 81.4 cm³/mol. The summed E-state index contributed by atoms with van der Waals surface area (Å²) in [6.07, 6.45) is -0.607. The van der Waals surface area contributed by atoms with Gasteiger partial charge in [0, 0.05) is 37.9 Å². The second-order valence-corrected chi connectivity index (χ2v) is 5.70. The van der Waals surface area contributed by atoms with Crippen molar-refractivity contribution < 1.29 is 18.0 Å². The van der Waals surface area contributed by atoms with Crippen molar-refractivity contribution in [3.63, 3.8) is 0 Å². The van der Waals surface area contributed by atoms with Gasteiger partial charge in [-0.15, -0.1) is 0 Å². The lowest BCUT2D eigenvalue weighted by Gasteiger charge is -2.07. The smallest absolute Gasteiger partial charge is 0.356 e. The molecular weight excluding hydrogens is 347 g/mol. The highest BCUT2D eigenvalue weighted by molar-refractivity contribution is 6.30. The van der Waals surface area contributed by atoms with Crippen LogP contribution in [-0.4, -0.2) is 32.0 Å². The summed E-state index contributed by atoms with van der Waals surface area (Å²) >= 11 is 5.72. The second kappa shape index (κ2) is 7.69. The van der Waals surface area contributed by atoms with E-state index in [-0.39, 0.29) is 12.3 Å². The second-order valence-electron chi connectivity index (χ2n) is 5.27. The fourth-order valence-electron chi connectivity index (χ4n) is 2.10. The standard InChI is InChI=1S/C14H17ClF3N5O/c1-10-7-12(14(16,17)18)21-23(10)5-2-4-19-13(24)3-6-22-9-11(15)8-20-22/h7-9H,2-6H2,1H3,(H,19,24). The maximum Gasteiger partial charge on any atom is 0.435 e. The Bertz CT molecular complexity index is 695. The van der Waals surface area contributed by atoms with Gasteiger partial charge in [0.25, 0.3) is 0 Å². The van der Waals surface area contributed by atoms with E-state index < -0.39 is 11.9 Å². The van der Waals surface area contributed by atoms with Gasteiger partial charge in [-0.2, -0.15) is 23.4 Å². The Morgan fingerprint density at radius 2 is 2.12 bits per heavy atom. The monoisotopic (exact) mass is 363 g/mol. The first-order chi connectivity index (χ1) is 11.3. The van der Waals surface area contributed by atoms with Crippen LogP contribution in [0.3, 0.4) is 0 Å². The highest BCUT2D eigenvalue weighted by atomic mass is 35.5. The molecule has 24 heavy (non-hydrogen) atoms. The van der Waals surface area contributed by atoms with Crippen LogP contribution in [0.2, 0.25) is 5.02 Å². The van der Waals surface area contributed by atoms with E-state index in [4.69, 9.17) is 11.6 Å². The number of aromatic nitrogens is 4. The zero-order valence-corrected chi connectivity index (χ0v) is 13.7. The van der Waals surface area contributed by atoms with Crippen LogP contribution in [0.25, 0.3) is 0 Å². The Balaban J connectivity index is 1.69. The molecule has 2 heterocycles. The first-order valence-electron chi connectivity index (χ1n) is 7.32. The Labute approximate surface area is 141 Å². The summed E-state index contributed by atoms with van der Waals surface area (Å²) in [5.41, 5.74) is -0.467. The molecule has 0 bridgehead atoms. The molecule has 0 aliphatic carbocycles. The molecule has 0 aliphatic heterocycles. The third-order valence-electron chi connectivity index (χ3n) is 3.31. The third kappa shape index (κ3) is 5.26. The molecule has 2 aromatic heterocycles. The van der Waals surface area contributed by atoms with Crippen molar-refractivity contribution in [1.29, 1.82) is 0 Å². The van der Waals surface area contributed by atoms with Crippen molar-refractivity contribution in [2.75, 3.05) is 6.54 Å². The highest BCUT2D eigenvalue weighted by Gasteiger charge is 2.34. The molecule has 10 heteroatoms. The van der Waals surface area contributed by atoms with Gasteiger partial charge in [0.1, 0.15) is 0 Å². The number of amides is 1. The summed E-state index contributed by atoms with van der Waals surface area (Å²) in [4.78, 5) is 11.7. The molecule has 6 nitrogen and oxygen atoms in total. The van der Waals surface area contributed by atoms with Crippen LogP contribution in [0.4, 0.5) is 13.2 Å². The maximum absolute atomic E-state index is 12.6. The number of hydrogen-bond acceptors (Lipinski definition) is 3.